The Bertz CT molecular complexity index is 521. The minimum absolute atomic E-state index is 0.356. The largest absolute Gasteiger partial charge is 0.494 e. The lowest BCUT2D eigenvalue weighted by Crippen LogP contribution is -1.99. The molecule has 2 aromatic rings. The third kappa shape index (κ3) is 4.48. The molecule has 0 aliphatic heterocycles. The van der Waals surface area contributed by atoms with E-state index in [1.165, 1.54) is 11.1 Å². The van der Waals surface area contributed by atoms with Crippen LogP contribution in [-0.2, 0) is 0 Å². The van der Waals surface area contributed by atoms with E-state index in [0.29, 0.717) is 17.7 Å². The van der Waals surface area contributed by atoms with Gasteiger partial charge in [-0.3, -0.25) is 0 Å². The number of hydrogen-bond donors (Lipinski definition) is 2. The first kappa shape index (κ1) is 13.7. The summed E-state index contributed by atoms with van der Waals surface area (Å²) in [5.41, 5.74) is 7.89. The number of nitrogen functional groups attached to an aromatic ring is 1. The van der Waals surface area contributed by atoms with Gasteiger partial charge in [-0.2, -0.15) is 4.98 Å². The third-order valence-electron chi connectivity index (χ3n) is 2.47. The van der Waals surface area contributed by atoms with Crippen LogP contribution in [0.4, 0.5) is 5.95 Å². The maximum absolute atomic E-state index is 5.72. The fourth-order valence-corrected chi connectivity index (χ4v) is 2.47. The lowest BCUT2D eigenvalue weighted by molar-refractivity contribution is 0.318. The van der Waals surface area contributed by atoms with E-state index in [2.05, 4.69) is 47.2 Å². The summed E-state index contributed by atoms with van der Waals surface area (Å²) in [6, 6.07) is 6.24. The van der Waals surface area contributed by atoms with Crippen molar-refractivity contribution in [2.75, 3.05) is 18.1 Å². The second-order valence-corrected chi connectivity index (χ2v) is 5.44. The Balaban J connectivity index is 1.69. The maximum Gasteiger partial charge on any atom is 0.216 e. The van der Waals surface area contributed by atoms with E-state index in [-0.39, 0.29) is 0 Å². The van der Waals surface area contributed by atoms with Gasteiger partial charge >= 0.3 is 0 Å². The minimum atomic E-state index is 0.356. The number of benzene rings is 1. The molecule has 0 atom stereocenters. The third-order valence-corrected chi connectivity index (χ3v) is 3.40. The second-order valence-electron chi connectivity index (χ2n) is 4.38. The maximum atomic E-state index is 5.72. The molecule has 0 saturated carbocycles. The van der Waals surface area contributed by atoms with Crippen LogP contribution < -0.4 is 10.5 Å². The van der Waals surface area contributed by atoms with Crippen molar-refractivity contribution in [3.63, 3.8) is 0 Å². The number of H-pyrrole nitrogens is 1. The van der Waals surface area contributed by atoms with Crippen LogP contribution in [0.1, 0.15) is 17.5 Å². The summed E-state index contributed by atoms with van der Waals surface area (Å²) >= 11 is 1.57. The van der Waals surface area contributed by atoms with Crippen LogP contribution in [0.3, 0.4) is 0 Å². The van der Waals surface area contributed by atoms with Gasteiger partial charge in [0.25, 0.3) is 0 Å². The zero-order chi connectivity index (χ0) is 13.7. The number of aryl methyl sites for hydroxylation is 2. The molecule has 19 heavy (non-hydrogen) atoms. The Morgan fingerprint density at radius 2 is 2.00 bits per heavy atom. The monoisotopic (exact) mass is 278 g/mol. The molecule has 0 saturated heterocycles. The van der Waals surface area contributed by atoms with Crippen molar-refractivity contribution in [3.8, 4) is 5.75 Å². The van der Waals surface area contributed by atoms with E-state index < -0.39 is 0 Å². The molecular formula is C13H18N4OS. The van der Waals surface area contributed by atoms with Crippen LogP contribution in [-0.4, -0.2) is 27.5 Å². The molecule has 0 fully saturated rings. The van der Waals surface area contributed by atoms with Gasteiger partial charge in [-0.15, -0.1) is 5.10 Å². The van der Waals surface area contributed by atoms with E-state index in [0.717, 1.165) is 17.9 Å². The van der Waals surface area contributed by atoms with E-state index >= 15 is 0 Å². The van der Waals surface area contributed by atoms with E-state index in [1.807, 2.05) is 0 Å². The average molecular weight is 278 g/mol. The van der Waals surface area contributed by atoms with Crippen molar-refractivity contribution in [3.05, 3.63) is 29.3 Å². The van der Waals surface area contributed by atoms with E-state index in [4.69, 9.17) is 10.5 Å². The highest BCUT2D eigenvalue weighted by Gasteiger charge is 2.01. The molecule has 102 valence electrons. The normalized spacial score (nSPS) is 10.6. The highest BCUT2D eigenvalue weighted by molar-refractivity contribution is 7.99. The Morgan fingerprint density at radius 3 is 2.63 bits per heavy atom. The predicted molar refractivity (Wildman–Crippen MR) is 77.5 cm³/mol. The van der Waals surface area contributed by atoms with Gasteiger partial charge in [0.2, 0.25) is 11.1 Å². The van der Waals surface area contributed by atoms with Gasteiger partial charge in [0.05, 0.1) is 6.61 Å². The van der Waals surface area contributed by atoms with Crippen LogP contribution in [0.15, 0.2) is 23.4 Å². The average Bonchev–Trinajstić information content (AvgIpc) is 2.73. The number of thioether (sulfide) groups is 1. The Hall–Kier alpha value is -1.69. The van der Waals surface area contributed by atoms with Crippen LogP contribution in [0.5, 0.6) is 5.75 Å². The molecule has 0 unspecified atom stereocenters. The standard InChI is InChI=1S/C13H18N4OS/c1-9-6-10(2)8-11(7-9)18-4-3-5-19-13-15-12(14)16-17-13/h6-8H,3-5H2,1-2H3,(H3,14,15,16,17). The Labute approximate surface area is 117 Å². The van der Waals surface area contributed by atoms with E-state index in [1.54, 1.807) is 11.8 Å². The highest BCUT2D eigenvalue weighted by Crippen LogP contribution is 2.17. The van der Waals surface area contributed by atoms with Crippen molar-refractivity contribution < 1.29 is 4.74 Å². The van der Waals surface area contributed by atoms with Crippen molar-refractivity contribution >= 4 is 17.7 Å². The molecule has 1 heterocycles. The summed E-state index contributed by atoms with van der Waals surface area (Å²) in [5, 5.41) is 7.25. The van der Waals surface area contributed by atoms with Gasteiger partial charge in [0.15, 0.2) is 0 Å². The van der Waals surface area contributed by atoms with Crippen molar-refractivity contribution in [2.45, 2.75) is 25.4 Å². The zero-order valence-electron chi connectivity index (χ0n) is 11.1. The molecular weight excluding hydrogens is 260 g/mol. The zero-order valence-corrected chi connectivity index (χ0v) is 12.0. The van der Waals surface area contributed by atoms with Gasteiger partial charge in [-0.05, 0) is 43.5 Å². The molecule has 1 aromatic heterocycles. The number of hydrogen-bond acceptors (Lipinski definition) is 5. The number of ether oxygens (including phenoxy) is 1. The molecule has 0 bridgehead atoms. The topological polar surface area (TPSA) is 76.8 Å². The number of rotatable bonds is 6. The molecule has 0 radical (unpaired) electrons. The number of anilines is 1. The lowest BCUT2D eigenvalue weighted by atomic mass is 10.1. The summed E-state index contributed by atoms with van der Waals surface area (Å²) in [5.74, 6) is 2.20. The molecule has 3 N–H and O–H groups in total. The number of nitrogens with zero attached hydrogens (tertiary/aromatic N) is 2. The van der Waals surface area contributed by atoms with Gasteiger partial charge in [-0.25, -0.2) is 5.10 Å². The smallest absolute Gasteiger partial charge is 0.216 e. The number of aromatic nitrogens is 3. The minimum Gasteiger partial charge on any atom is -0.494 e. The highest BCUT2D eigenvalue weighted by atomic mass is 32.2. The predicted octanol–water partition coefficient (Wildman–Crippen LogP) is 2.56. The summed E-state index contributed by atoms with van der Waals surface area (Å²) in [7, 11) is 0. The molecule has 6 heteroatoms. The van der Waals surface area contributed by atoms with Gasteiger partial charge < -0.3 is 10.5 Å². The Morgan fingerprint density at radius 1 is 1.26 bits per heavy atom. The summed E-state index contributed by atoms with van der Waals surface area (Å²) in [6.07, 6.45) is 0.937. The second kappa shape index (κ2) is 6.47. The van der Waals surface area contributed by atoms with Gasteiger partial charge in [-0.1, -0.05) is 17.8 Å². The first-order valence-corrected chi connectivity index (χ1v) is 7.14. The molecule has 0 spiro atoms. The summed E-state index contributed by atoms with van der Waals surface area (Å²) in [4.78, 5) is 4.02. The lowest BCUT2D eigenvalue weighted by Gasteiger charge is -2.07. The first-order valence-electron chi connectivity index (χ1n) is 6.15. The van der Waals surface area contributed by atoms with Gasteiger partial charge in [0.1, 0.15) is 5.75 Å². The van der Waals surface area contributed by atoms with Crippen molar-refractivity contribution in [1.82, 2.24) is 15.2 Å². The van der Waals surface area contributed by atoms with Crippen LogP contribution in [0.25, 0.3) is 0 Å². The fraction of sp³-hybridized carbons (Fsp3) is 0.385. The van der Waals surface area contributed by atoms with Crippen LogP contribution in [0.2, 0.25) is 0 Å². The Kier molecular flexibility index (Phi) is 4.68. The van der Waals surface area contributed by atoms with Crippen molar-refractivity contribution in [1.29, 1.82) is 0 Å². The first-order chi connectivity index (χ1) is 9.13. The number of aromatic amines is 1. The molecule has 5 nitrogen and oxygen atoms in total. The van der Waals surface area contributed by atoms with E-state index in [9.17, 15) is 0 Å². The van der Waals surface area contributed by atoms with Gasteiger partial charge in [0, 0.05) is 5.75 Å². The number of nitrogens with one attached hydrogen (secondary N) is 1. The van der Waals surface area contributed by atoms with Crippen LogP contribution >= 0.6 is 11.8 Å². The molecule has 0 aliphatic carbocycles. The summed E-state index contributed by atoms with van der Waals surface area (Å²) < 4.78 is 5.72. The number of nitrogens with two attached hydrogens (primary N) is 1. The molecule has 1 aromatic carbocycles. The van der Waals surface area contributed by atoms with Crippen molar-refractivity contribution in [2.24, 2.45) is 0 Å². The molecule has 2 rings (SSSR count). The van der Waals surface area contributed by atoms with Crippen LogP contribution in [0, 0.1) is 13.8 Å². The quantitative estimate of drug-likeness (QED) is 0.627. The fourth-order valence-electron chi connectivity index (χ4n) is 1.75. The molecule has 0 aliphatic rings. The summed E-state index contributed by atoms with van der Waals surface area (Å²) in [6.45, 7) is 4.84. The SMILES string of the molecule is Cc1cc(C)cc(OCCCSc2n[nH]c(N)n2)c1. The molecule has 0 amide bonds.